The average molecular weight is 482 g/mol. The van der Waals surface area contributed by atoms with Gasteiger partial charge >= 0.3 is 0 Å². The quantitative estimate of drug-likeness (QED) is 0.421. The van der Waals surface area contributed by atoms with Crippen molar-refractivity contribution in [1.82, 2.24) is 19.7 Å². The van der Waals surface area contributed by atoms with Gasteiger partial charge < -0.3 is 15.1 Å². The van der Waals surface area contributed by atoms with Crippen molar-refractivity contribution >= 4 is 28.1 Å². The summed E-state index contributed by atoms with van der Waals surface area (Å²) in [4.78, 5) is 13.5. The van der Waals surface area contributed by atoms with E-state index >= 15 is 0 Å². The minimum absolute atomic E-state index is 0.188. The van der Waals surface area contributed by atoms with Gasteiger partial charge in [-0.05, 0) is 19.1 Å². The number of aromatic nitrogens is 4. The minimum Gasteiger partial charge on any atom is -0.378 e. The van der Waals surface area contributed by atoms with Crippen molar-refractivity contribution in [2.45, 2.75) is 19.4 Å². The lowest BCUT2D eigenvalue weighted by Gasteiger charge is -2.36. The van der Waals surface area contributed by atoms with E-state index in [4.69, 9.17) is 0 Å². The second kappa shape index (κ2) is 9.44. The van der Waals surface area contributed by atoms with Gasteiger partial charge in [-0.1, -0.05) is 18.2 Å². The molecule has 1 atom stereocenters. The van der Waals surface area contributed by atoms with Crippen LogP contribution in [0.4, 0.5) is 30.4 Å². The van der Waals surface area contributed by atoms with Crippen molar-refractivity contribution in [3.8, 4) is 0 Å². The van der Waals surface area contributed by atoms with Crippen LogP contribution in [-0.4, -0.2) is 45.9 Å². The summed E-state index contributed by atoms with van der Waals surface area (Å²) in [5.74, 6) is -0.0485. The Morgan fingerprint density at radius 1 is 0.971 bits per heavy atom. The molecule has 0 aliphatic carbocycles. The summed E-state index contributed by atoms with van der Waals surface area (Å²) in [5, 5.41) is 8.37. The van der Waals surface area contributed by atoms with Gasteiger partial charge in [0.1, 0.15) is 11.6 Å². The standard InChI is InChI=1S/C25H26F3N7/c1-16(18-4-3-5-19(24(18)26)25(27)28)32-21-6-7-29-22-14-30-23(12-20(21)22)35-10-8-34(9-11-35)17-13-31-33(2)15-17/h3-7,12-16,25H,8-11H2,1-2H3,(H,29,32)/t16-/m1/s1. The van der Waals surface area contributed by atoms with Gasteiger partial charge in [0, 0.05) is 62.3 Å². The summed E-state index contributed by atoms with van der Waals surface area (Å²) in [7, 11) is 1.91. The van der Waals surface area contributed by atoms with Gasteiger partial charge in [-0.2, -0.15) is 5.10 Å². The number of hydrogen-bond donors (Lipinski definition) is 1. The molecule has 0 saturated carbocycles. The Bertz CT molecular complexity index is 1330. The summed E-state index contributed by atoms with van der Waals surface area (Å²) in [6.45, 7) is 5.05. The molecular formula is C25H26F3N7. The van der Waals surface area contributed by atoms with Crippen LogP contribution in [0.15, 0.2) is 55.1 Å². The first-order valence-corrected chi connectivity index (χ1v) is 11.5. The van der Waals surface area contributed by atoms with Crippen molar-refractivity contribution < 1.29 is 13.2 Å². The minimum atomic E-state index is -2.86. The summed E-state index contributed by atoms with van der Waals surface area (Å²) in [6.07, 6.45) is 4.39. The molecule has 1 fully saturated rings. The maximum absolute atomic E-state index is 14.7. The lowest BCUT2D eigenvalue weighted by molar-refractivity contribution is 0.146. The SMILES string of the molecule is C[C@@H](Nc1ccnc2cnc(N3CCN(c4cnn(C)c4)CC3)cc12)c1cccc(C(F)F)c1F. The molecule has 7 nitrogen and oxygen atoms in total. The summed E-state index contributed by atoms with van der Waals surface area (Å²) in [5.41, 5.74) is 2.14. The van der Waals surface area contributed by atoms with Crippen molar-refractivity contribution in [2.75, 3.05) is 41.3 Å². The highest BCUT2D eigenvalue weighted by Gasteiger charge is 2.22. The Kier molecular flexibility index (Phi) is 6.19. The van der Waals surface area contributed by atoms with Crippen molar-refractivity contribution in [2.24, 2.45) is 7.05 Å². The van der Waals surface area contributed by atoms with Crippen LogP contribution < -0.4 is 15.1 Å². The Balaban J connectivity index is 1.37. The zero-order valence-electron chi connectivity index (χ0n) is 19.5. The van der Waals surface area contributed by atoms with Crippen LogP contribution in [0.2, 0.25) is 0 Å². The van der Waals surface area contributed by atoms with Gasteiger partial charge in [0.25, 0.3) is 6.43 Å². The first-order valence-electron chi connectivity index (χ1n) is 11.5. The molecule has 3 aromatic heterocycles. The molecule has 0 amide bonds. The normalized spacial score (nSPS) is 15.1. The number of halogens is 3. The third kappa shape index (κ3) is 4.60. The lowest BCUT2D eigenvalue weighted by atomic mass is 10.0. The second-order valence-corrected chi connectivity index (χ2v) is 8.68. The number of benzene rings is 1. The van der Waals surface area contributed by atoms with Crippen molar-refractivity contribution in [1.29, 1.82) is 0 Å². The maximum Gasteiger partial charge on any atom is 0.266 e. The number of fused-ring (bicyclic) bond motifs is 1. The van der Waals surface area contributed by atoms with E-state index in [0.29, 0.717) is 5.52 Å². The highest BCUT2D eigenvalue weighted by Crippen LogP contribution is 2.32. The topological polar surface area (TPSA) is 62.1 Å². The van der Waals surface area contributed by atoms with E-state index in [9.17, 15) is 13.2 Å². The fraction of sp³-hybridized carbons (Fsp3) is 0.320. The molecule has 0 bridgehead atoms. The van der Waals surface area contributed by atoms with Gasteiger partial charge in [-0.15, -0.1) is 0 Å². The van der Waals surface area contributed by atoms with Crippen LogP contribution in [0, 0.1) is 5.82 Å². The van der Waals surface area contributed by atoms with E-state index in [1.165, 1.54) is 12.1 Å². The van der Waals surface area contributed by atoms with Crippen LogP contribution in [0.1, 0.15) is 30.5 Å². The van der Waals surface area contributed by atoms with Gasteiger partial charge in [-0.25, -0.2) is 18.2 Å². The van der Waals surface area contributed by atoms with Crippen LogP contribution >= 0.6 is 0 Å². The first-order chi connectivity index (χ1) is 16.9. The van der Waals surface area contributed by atoms with Gasteiger partial charge in [0.2, 0.25) is 0 Å². The number of piperazine rings is 1. The molecule has 1 saturated heterocycles. The lowest BCUT2D eigenvalue weighted by Crippen LogP contribution is -2.46. The molecule has 1 N–H and O–H groups in total. The van der Waals surface area contributed by atoms with Crippen LogP contribution in [0.5, 0.6) is 0 Å². The number of nitrogens with one attached hydrogen (secondary N) is 1. The van der Waals surface area contributed by atoms with Gasteiger partial charge in [-0.3, -0.25) is 9.67 Å². The van der Waals surface area contributed by atoms with E-state index in [1.54, 1.807) is 30.1 Å². The Hall–Kier alpha value is -3.82. The monoisotopic (exact) mass is 481 g/mol. The largest absolute Gasteiger partial charge is 0.378 e. The van der Waals surface area contributed by atoms with Crippen LogP contribution in [0.3, 0.4) is 0 Å². The third-order valence-electron chi connectivity index (χ3n) is 6.41. The number of alkyl halides is 2. The molecular weight excluding hydrogens is 455 g/mol. The molecule has 1 aromatic carbocycles. The fourth-order valence-corrected chi connectivity index (χ4v) is 4.48. The zero-order chi connectivity index (χ0) is 24.5. The molecule has 0 unspecified atom stereocenters. The number of aryl methyl sites for hydroxylation is 1. The average Bonchev–Trinajstić information content (AvgIpc) is 3.30. The molecule has 182 valence electrons. The van der Waals surface area contributed by atoms with Gasteiger partial charge in [0.15, 0.2) is 0 Å². The van der Waals surface area contributed by atoms with E-state index in [0.717, 1.165) is 54.8 Å². The molecule has 4 aromatic rings. The van der Waals surface area contributed by atoms with E-state index in [1.807, 2.05) is 25.5 Å². The predicted molar refractivity (Wildman–Crippen MR) is 131 cm³/mol. The summed E-state index contributed by atoms with van der Waals surface area (Å²) in [6, 6.07) is 7.34. The van der Waals surface area contributed by atoms with E-state index in [-0.39, 0.29) is 5.56 Å². The Morgan fingerprint density at radius 2 is 1.71 bits per heavy atom. The number of rotatable bonds is 6. The Labute approximate surface area is 201 Å². The second-order valence-electron chi connectivity index (χ2n) is 8.68. The number of anilines is 3. The van der Waals surface area contributed by atoms with Crippen molar-refractivity contribution in [3.05, 3.63) is 72.1 Å². The number of hydrogen-bond acceptors (Lipinski definition) is 6. The molecule has 5 rings (SSSR count). The van der Waals surface area contributed by atoms with E-state index in [2.05, 4.69) is 30.2 Å². The zero-order valence-corrected chi connectivity index (χ0v) is 19.5. The summed E-state index contributed by atoms with van der Waals surface area (Å²) >= 11 is 0. The highest BCUT2D eigenvalue weighted by molar-refractivity contribution is 5.92. The highest BCUT2D eigenvalue weighted by atomic mass is 19.3. The molecule has 0 spiro atoms. The molecule has 4 heterocycles. The predicted octanol–water partition coefficient (Wildman–Crippen LogP) is 4.94. The molecule has 0 radical (unpaired) electrons. The number of nitrogens with zero attached hydrogens (tertiary/aromatic N) is 6. The van der Waals surface area contributed by atoms with Crippen LogP contribution in [-0.2, 0) is 7.05 Å². The summed E-state index contributed by atoms with van der Waals surface area (Å²) < 4.78 is 42.8. The Morgan fingerprint density at radius 3 is 2.43 bits per heavy atom. The van der Waals surface area contributed by atoms with E-state index < -0.39 is 23.8 Å². The third-order valence-corrected chi connectivity index (χ3v) is 6.41. The molecule has 1 aliphatic heterocycles. The van der Waals surface area contributed by atoms with Gasteiger partial charge in [0.05, 0.1) is 35.2 Å². The molecule has 10 heteroatoms. The number of pyridine rings is 2. The first kappa shape index (κ1) is 22.9. The smallest absolute Gasteiger partial charge is 0.266 e. The molecule has 1 aliphatic rings. The van der Waals surface area contributed by atoms with Crippen molar-refractivity contribution in [3.63, 3.8) is 0 Å². The van der Waals surface area contributed by atoms with Crippen LogP contribution in [0.25, 0.3) is 10.9 Å². The fourth-order valence-electron chi connectivity index (χ4n) is 4.48. The molecule has 35 heavy (non-hydrogen) atoms. The maximum atomic E-state index is 14.7.